The van der Waals surface area contributed by atoms with Gasteiger partial charge in [-0.15, -0.1) is 0 Å². The minimum atomic E-state index is -0.0338. The number of carbonyl (C=O) groups excluding carboxylic acids is 1. The SMILES string of the molecule is CCCCCCCC(=O)Nc1c(OC)cccc1C(N)=S. The number of benzene rings is 1. The van der Waals surface area contributed by atoms with E-state index in [4.69, 9.17) is 22.7 Å². The monoisotopic (exact) mass is 308 g/mol. The first-order valence-electron chi connectivity index (χ1n) is 7.36. The topological polar surface area (TPSA) is 64.3 Å². The van der Waals surface area contributed by atoms with Crippen LogP contribution in [0.1, 0.15) is 51.0 Å². The second-order valence-electron chi connectivity index (χ2n) is 4.96. The molecule has 0 atom stereocenters. The van der Waals surface area contributed by atoms with E-state index in [9.17, 15) is 4.79 Å². The van der Waals surface area contributed by atoms with E-state index < -0.39 is 0 Å². The zero-order valence-corrected chi connectivity index (χ0v) is 13.6. The number of rotatable bonds is 9. The quantitative estimate of drug-likeness (QED) is 0.540. The van der Waals surface area contributed by atoms with Crippen LogP contribution in [0.15, 0.2) is 18.2 Å². The van der Waals surface area contributed by atoms with Crippen LogP contribution in [0.5, 0.6) is 5.75 Å². The molecule has 0 radical (unpaired) electrons. The van der Waals surface area contributed by atoms with Crippen molar-refractivity contribution >= 4 is 28.8 Å². The number of ether oxygens (including phenoxy) is 1. The summed E-state index contributed by atoms with van der Waals surface area (Å²) in [5, 5.41) is 2.87. The highest BCUT2D eigenvalue weighted by molar-refractivity contribution is 7.80. The van der Waals surface area contributed by atoms with Crippen LogP contribution in [0.25, 0.3) is 0 Å². The van der Waals surface area contributed by atoms with Crippen LogP contribution in [-0.4, -0.2) is 18.0 Å². The van der Waals surface area contributed by atoms with Crippen molar-refractivity contribution in [1.82, 2.24) is 0 Å². The molecule has 0 aliphatic carbocycles. The predicted octanol–water partition coefficient (Wildman–Crippen LogP) is 3.63. The Morgan fingerprint density at radius 3 is 2.62 bits per heavy atom. The normalized spacial score (nSPS) is 10.2. The second-order valence-corrected chi connectivity index (χ2v) is 5.40. The molecule has 4 nitrogen and oxygen atoms in total. The molecule has 0 saturated carbocycles. The van der Waals surface area contributed by atoms with Gasteiger partial charge in [0.25, 0.3) is 0 Å². The van der Waals surface area contributed by atoms with Crippen molar-refractivity contribution in [3.63, 3.8) is 0 Å². The smallest absolute Gasteiger partial charge is 0.224 e. The maximum absolute atomic E-state index is 12.0. The molecule has 116 valence electrons. The molecule has 0 aliphatic heterocycles. The fourth-order valence-corrected chi connectivity index (χ4v) is 2.30. The molecule has 0 fully saturated rings. The van der Waals surface area contributed by atoms with E-state index in [1.807, 2.05) is 0 Å². The summed E-state index contributed by atoms with van der Waals surface area (Å²) in [5.74, 6) is 0.535. The lowest BCUT2D eigenvalue weighted by Gasteiger charge is -2.14. The average Bonchev–Trinajstić information content (AvgIpc) is 2.47. The lowest BCUT2D eigenvalue weighted by Crippen LogP contribution is -2.18. The van der Waals surface area contributed by atoms with E-state index in [1.165, 1.54) is 19.3 Å². The van der Waals surface area contributed by atoms with Gasteiger partial charge in [-0.2, -0.15) is 0 Å². The predicted molar refractivity (Wildman–Crippen MR) is 90.9 cm³/mol. The Labute approximate surface area is 132 Å². The van der Waals surface area contributed by atoms with E-state index in [2.05, 4.69) is 12.2 Å². The minimum Gasteiger partial charge on any atom is -0.495 e. The van der Waals surface area contributed by atoms with Gasteiger partial charge in [-0.25, -0.2) is 0 Å². The van der Waals surface area contributed by atoms with Crippen molar-refractivity contribution < 1.29 is 9.53 Å². The molecule has 5 heteroatoms. The molecule has 0 heterocycles. The van der Waals surface area contributed by atoms with Crippen LogP contribution in [-0.2, 0) is 4.79 Å². The number of thiocarbonyl (C=S) groups is 1. The summed E-state index contributed by atoms with van der Waals surface area (Å²) >= 11 is 5.02. The van der Waals surface area contributed by atoms with Gasteiger partial charge in [0, 0.05) is 12.0 Å². The molecule has 0 aliphatic rings. The number of anilines is 1. The number of nitrogens with two attached hydrogens (primary N) is 1. The molecule has 1 rings (SSSR count). The average molecular weight is 308 g/mol. The van der Waals surface area contributed by atoms with Gasteiger partial charge >= 0.3 is 0 Å². The number of amides is 1. The molecule has 0 saturated heterocycles. The number of unbranched alkanes of at least 4 members (excludes halogenated alkanes) is 4. The summed E-state index contributed by atoms with van der Waals surface area (Å²) in [5.41, 5.74) is 6.88. The van der Waals surface area contributed by atoms with Gasteiger partial charge in [0.1, 0.15) is 10.7 Å². The third kappa shape index (κ3) is 5.71. The van der Waals surface area contributed by atoms with Gasteiger partial charge in [0.05, 0.1) is 12.8 Å². The van der Waals surface area contributed by atoms with Crippen LogP contribution in [0.3, 0.4) is 0 Å². The van der Waals surface area contributed by atoms with Crippen molar-refractivity contribution in [2.75, 3.05) is 12.4 Å². The van der Waals surface area contributed by atoms with E-state index >= 15 is 0 Å². The molecule has 0 bridgehead atoms. The fraction of sp³-hybridized carbons (Fsp3) is 0.500. The van der Waals surface area contributed by atoms with E-state index in [0.29, 0.717) is 23.4 Å². The Hall–Kier alpha value is -1.62. The van der Waals surface area contributed by atoms with Gasteiger partial charge in [0.15, 0.2) is 0 Å². The van der Waals surface area contributed by atoms with Gasteiger partial charge in [0.2, 0.25) is 5.91 Å². The highest BCUT2D eigenvalue weighted by atomic mass is 32.1. The van der Waals surface area contributed by atoms with E-state index in [-0.39, 0.29) is 10.9 Å². The van der Waals surface area contributed by atoms with Crippen molar-refractivity contribution in [2.24, 2.45) is 5.73 Å². The number of hydrogen-bond acceptors (Lipinski definition) is 3. The van der Waals surface area contributed by atoms with Gasteiger partial charge in [-0.1, -0.05) is 50.9 Å². The lowest BCUT2D eigenvalue weighted by atomic mass is 10.1. The highest BCUT2D eigenvalue weighted by Gasteiger charge is 2.13. The van der Waals surface area contributed by atoms with Crippen molar-refractivity contribution in [3.05, 3.63) is 23.8 Å². The number of methoxy groups -OCH3 is 1. The van der Waals surface area contributed by atoms with Gasteiger partial charge in [-0.05, 0) is 18.6 Å². The number of nitrogens with one attached hydrogen (secondary N) is 1. The minimum absolute atomic E-state index is 0.0338. The Morgan fingerprint density at radius 1 is 1.29 bits per heavy atom. The first-order valence-corrected chi connectivity index (χ1v) is 7.77. The third-order valence-electron chi connectivity index (χ3n) is 3.28. The molecule has 1 amide bonds. The summed E-state index contributed by atoms with van der Waals surface area (Å²) in [6.07, 6.45) is 6.07. The van der Waals surface area contributed by atoms with Crippen LogP contribution in [0.4, 0.5) is 5.69 Å². The molecule has 1 aromatic carbocycles. The molecule has 21 heavy (non-hydrogen) atoms. The molecule has 0 spiro atoms. The third-order valence-corrected chi connectivity index (χ3v) is 3.50. The maximum atomic E-state index is 12.0. The summed E-state index contributed by atoms with van der Waals surface area (Å²) in [4.78, 5) is 12.3. The fourth-order valence-electron chi connectivity index (χ4n) is 2.13. The molecule has 0 unspecified atom stereocenters. The van der Waals surface area contributed by atoms with Crippen LogP contribution in [0, 0.1) is 0 Å². The molecule has 1 aromatic rings. The van der Waals surface area contributed by atoms with Crippen LogP contribution < -0.4 is 15.8 Å². The van der Waals surface area contributed by atoms with E-state index in [1.54, 1.807) is 25.3 Å². The molecular formula is C16H24N2O2S. The Bertz CT molecular complexity index is 489. The Morgan fingerprint density at radius 2 is 2.00 bits per heavy atom. The van der Waals surface area contributed by atoms with Crippen molar-refractivity contribution in [2.45, 2.75) is 45.4 Å². The highest BCUT2D eigenvalue weighted by Crippen LogP contribution is 2.28. The maximum Gasteiger partial charge on any atom is 0.224 e. The zero-order chi connectivity index (χ0) is 15.7. The lowest BCUT2D eigenvalue weighted by molar-refractivity contribution is -0.116. The Kier molecular flexibility index (Phi) is 7.75. The largest absolute Gasteiger partial charge is 0.495 e. The molecule has 3 N–H and O–H groups in total. The van der Waals surface area contributed by atoms with Crippen molar-refractivity contribution in [3.8, 4) is 5.75 Å². The summed E-state index contributed by atoms with van der Waals surface area (Å²) in [6.45, 7) is 2.17. The number of para-hydroxylation sites is 1. The second kappa shape index (κ2) is 9.34. The Balaban J connectivity index is 2.64. The first kappa shape index (κ1) is 17.4. The first-order chi connectivity index (χ1) is 10.1. The summed E-state index contributed by atoms with van der Waals surface area (Å²) in [6, 6.07) is 5.36. The molecular weight excluding hydrogens is 284 g/mol. The zero-order valence-electron chi connectivity index (χ0n) is 12.8. The van der Waals surface area contributed by atoms with Crippen LogP contribution in [0.2, 0.25) is 0 Å². The summed E-state index contributed by atoms with van der Waals surface area (Å²) in [7, 11) is 1.55. The molecule has 0 aromatic heterocycles. The van der Waals surface area contributed by atoms with Gasteiger partial charge < -0.3 is 15.8 Å². The standard InChI is InChI=1S/C16H24N2O2S/c1-3-4-5-6-7-11-14(19)18-15-12(16(17)21)9-8-10-13(15)20-2/h8-10H,3-7,11H2,1-2H3,(H2,17,21)(H,18,19). The van der Waals surface area contributed by atoms with Crippen LogP contribution >= 0.6 is 12.2 Å². The number of carbonyl (C=O) groups is 1. The van der Waals surface area contributed by atoms with Gasteiger partial charge in [-0.3, -0.25) is 4.79 Å². The summed E-state index contributed by atoms with van der Waals surface area (Å²) < 4.78 is 5.26. The van der Waals surface area contributed by atoms with E-state index in [0.717, 1.165) is 12.8 Å². The van der Waals surface area contributed by atoms with Crippen molar-refractivity contribution in [1.29, 1.82) is 0 Å². The number of hydrogen-bond donors (Lipinski definition) is 2.